The first-order chi connectivity index (χ1) is 16.1. The maximum Gasteiger partial charge on any atom is 0.259 e. The van der Waals surface area contributed by atoms with Crippen LogP contribution in [0.2, 0.25) is 0 Å². The monoisotopic (exact) mass is 437 g/mol. The van der Waals surface area contributed by atoms with Crippen molar-refractivity contribution in [3.05, 3.63) is 100 Å². The van der Waals surface area contributed by atoms with Crippen molar-refractivity contribution in [3.8, 4) is 0 Å². The summed E-state index contributed by atoms with van der Waals surface area (Å²) in [6.45, 7) is 2.09. The van der Waals surface area contributed by atoms with Gasteiger partial charge in [-0.1, -0.05) is 37.3 Å². The Balaban J connectivity index is 1.54. The number of aromatic nitrogens is 1. The molecule has 0 radical (unpaired) electrons. The van der Waals surface area contributed by atoms with Crippen LogP contribution >= 0.6 is 0 Å². The third-order valence-electron chi connectivity index (χ3n) is 6.55. The van der Waals surface area contributed by atoms with E-state index in [9.17, 15) is 9.59 Å². The Morgan fingerprint density at radius 1 is 0.970 bits per heavy atom. The number of pyridine rings is 1. The number of hydrogen-bond acceptors (Lipinski definition) is 3. The SMILES string of the molecule is CCc1ccc(NC(=O)c2c(N)c(C(=O)c3ccc4c(c3)CCCC4)n3ccccc23)cc1. The number of anilines is 2. The standard InChI is InChI=1S/C28H27N3O2/c1-2-18-10-14-22(15-11-18)30-28(33)24-23-9-5-6-16-31(23)26(25(24)29)27(32)21-13-12-19-7-3-4-8-20(19)17-21/h5-6,9-17H,2-4,7-8,29H2,1H3,(H,30,33). The average Bonchev–Trinajstić information content (AvgIpc) is 3.15. The van der Waals surface area contributed by atoms with E-state index in [1.165, 1.54) is 23.1 Å². The third kappa shape index (κ3) is 3.80. The molecule has 0 saturated heterocycles. The number of aryl methyl sites for hydroxylation is 3. The predicted octanol–water partition coefficient (Wildman–Crippen LogP) is 5.45. The highest BCUT2D eigenvalue weighted by Gasteiger charge is 2.26. The molecule has 2 heterocycles. The van der Waals surface area contributed by atoms with Gasteiger partial charge in [0.15, 0.2) is 0 Å². The molecule has 4 aromatic rings. The van der Waals surface area contributed by atoms with Crippen molar-refractivity contribution in [1.29, 1.82) is 0 Å². The van der Waals surface area contributed by atoms with Crippen LogP contribution in [0.15, 0.2) is 66.9 Å². The molecule has 0 saturated carbocycles. The molecule has 2 aromatic heterocycles. The Hall–Kier alpha value is -3.86. The van der Waals surface area contributed by atoms with Crippen LogP contribution in [0.1, 0.15) is 62.9 Å². The molecule has 1 amide bonds. The summed E-state index contributed by atoms with van der Waals surface area (Å²) in [5.74, 6) is -0.502. The van der Waals surface area contributed by atoms with E-state index in [0.29, 0.717) is 28.0 Å². The number of benzene rings is 2. The van der Waals surface area contributed by atoms with Gasteiger partial charge in [0.1, 0.15) is 5.69 Å². The first-order valence-electron chi connectivity index (χ1n) is 11.5. The van der Waals surface area contributed by atoms with Gasteiger partial charge < -0.3 is 15.5 Å². The first kappa shape index (κ1) is 21.0. The molecular formula is C28H27N3O2. The van der Waals surface area contributed by atoms with Crippen LogP contribution in [-0.2, 0) is 19.3 Å². The number of amides is 1. The van der Waals surface area contributed by atoms with Crippen LogP contribution in [0, 0.1) is 0 Å². The number of carbonyl (C=O) groups is 2. The van der Waals surface area contributed by atoms with Gasteiger partial charge in [-0.2, -0.15) is 0 Å². The maximum atomic E-state index is 13.6. The molecule has 0 aliphatic heterocycles. The minimum Gasteiger partial charge on any atom is -0.396 e. The zero-order chi connectivity index (χ0) is 22.9. The highest BCUT2D eigenvalue weighted by molar-refractivity contribution is 6.20. The molecule has 5 rings (SSSR count). The van der Waals surface area contributed by atoms with Gasteiger partial charge in [0.2, 0.25) is 5.78 Å². The largest absolute Gasteiger partial charge is 0.396 e. The molecule has 2 aromatic carbocycles. The lowest BCUT2D eigenvalue weighted by molar-refractivity contribution is 0.102. The summed E-state index contributed by atoms with van der Waals surface area (Å²) in [4.78, 5) is 26.9. The van der Waals surface area contributed by atoms with E-state index in [2.05, 4.69) is 18.3 Å². The number of hydrogen-bond donors (Lipinski definition) is 2. The van der Waals surface area contributed by atoms with Gasteiger partial charge in [-0.25, -0.2) is 0 Å². The van der Waals surface area contributed by atoms with Crippen molar-refractivity contribution in [1.82, 2.24) is 4.40 Å². The fraction of sp³-hybridized carbons (Fsp3) is 0.214. The zero-order valence-electron chi connectivity index (χ0n) is 18.7. The lowest BCUT2D eigenvalue weighted by Gasteiger charge is -2.16. The van der Waals surface area contributed by atoms with Gasteiger partial charge in [0, 0.05) is 17.4 Å². The molecule has 0 fully saturated rings. The Labute approximate surface area is 193 Å². The second-order valence-electron chi connectivity index (χ2n) is 8.62. The normalized spacial score (nSPS) is 13.0. The Morgan fingerprint density at radius 2 is 1.73 bits per heavy atom. The molecule has 0 spiro atoms. The Kier molecular flexibility index (Phi) is 5.47. The summed E-state index contributed by atoms with van der Waals surface area (Å²) in [5, 5.41) is 2.93. The van der Waals surface area contributed by atoms with Crippen LogP contribution in [0.25, 0.3) is 5.52 Å². The van der Waals surface area contributed by atoms with E-state index in [-0.39, 0.29) is 17.4 Å². The summed E-state index contributed by atoms with van der Waals surface area (Å²) in [5.41, 5.74) is 13.0. The molecule has 1 aliphatic carbocycles. The zero-order valence-corrected chi connectivity index (χ0v) is 18.7. The molecule has 5 heteroatoms. The molecule has 0 atom stereocenters. The van der Waals surface area contributed by atoms with Crippen molar-refractivity contribution in [2.45, 2.75) is 39.0 Å². The summed E-state index contributed by atoms with van der Waals surface area (Å²) in [6, 6.07) is 19.2. The Bertz CT molecular complexity index is 1370. The molecule has 3 N–H and O–H groups in total. The average molecular weight is 438 g/mol. The van der Waals surface area contributed by atoms with Crippen LogP contribution in [0.4, 0.5) is 11.4 Å². The van der Waals surface area contributed by atoms with E-state index in [0.717, 1.165) is 25.7 Å². The van der Waals surface area contributed by atoms with Crippen molar-refractivity contribution in [2.75, 3.05) is 11.1 Å². The summed E-state index contributed by atoms with van der Waals surface area (Å²) in [6.07, 6.45) is 7.10. The fourth-order valence-electron chi connectivity index (χ4n) is 4.73. The maximum absolute atomic E-state index is 13.6. The van der Waals surface area contributed by atoms with Crippen molar-refractivity contribution in [2.24, 2.45) is 0 Å². The van der Waals surface area contributed by atoms with Gasteiger partial charge in [-0.15, -0.1) is 0 Å². The fourth-order valence-corrected chi connectivity index (χ4v) is 4.73. The molecular weight excluding hydrogens is 410 g/mol. The topological polar surface area (TPSA) is 76.6 Å². The van der Waals surface area contributed by atoms with Gasteiger partial charge in [-0.05, 0) is 79.1 Å². The van der Waals surface area contributed by atoms with Gasteiger partial charge in [0.05, 0.1) is 16.8 Å². The minimum atomic E-state index is -0.329. The Morgan fingerprint density at radius 3 is 2.48 bits per heavy atom. The lowest BCUT2D eigenvalue weighted by atomic mass is 9.89. The lowest BCUT2D eigenvalue weighted by Crippen LogP contribution is -2.14. The van der Waals surface area contributed by atoms with Crippen molar-refractivity contribution in [3.63, 3.8) is 0 Å². The van der Waals surface area contributed by atoms with Gasteiger partial charge in [-0.3, -0.25) is 9.59 Å². The number of rotatable bonds is 5. The highest BCUT2D eigenvalue weighted by atomic mass is 16.2. The predicted molar refractivity (Wildman–Crippen MR) is 132 cm³/mol. The summed E-state index contributed by atoms with van der Waals surface area (Å²) < 4.78 is 1.73. The quantitative estimate of drug-likeness (QED) is 0.408. The van der Waals surface area contributed by atoms with Gasteiger partial charge in [0.25, 0.3) is 5.91 Å². The van der Waals surface area contributed by atoms with Gasteiger partial charge >= 0.3 is 0 Å². The second kappa shape index (κ2) is 8.58. The van der Waals surface area contributed by atoms with E-state index in [1.54, 1.807) is 10.6 Å². The summed E-state index contributed by atoms with van der Waals surface area (Å²) in [7, 11) is 0. The van der Waals surface area contributed by atoms with Crippen molar-refractivity contribution < 1.29 is 9.59 Å². The first-order valence-corrected chi connectivity index (χ1v) is 11.5. The van der Waals surface area contributed by atoms with Crippen molar-refractivity contribution >= 4 is 28.6 Å². The molecule has 0 unspecified atom stereocenters. The number of nitrogens with zero attached hydrogens (tertiary/aromatic N) is 1. The van der Waals surface area contributed by atoms with Crippen LogP contribution in [0.3, 0.4) is 0 Å². The number of carbonyl (C=O) groups excluding carboxylic acids is 2. The number of nitrogen functional groups attached to an aromatic ring is 1. The third-order valence-corrected chi connectivity index (χ3v) is 6.55. The van der Waals surface area contributed by atoms with Crippen LogP contribution in [0.5, 0.6) is 0 Å². The number of ketones is 1. The number of nitrogens with two attached hydrogens (primary N) is 1. The minimum absolute atomic E-state index is 0.173. The molecule has 33 heavy (non-hydrogen) atoms. The van der Waals surface area contributed by atoms with Crippen LogP contribution < -0.4 is 11.1 Å². The molecule has 5 nitrogen and oxygen atoms in total. The second-order valence-corrected chi connectivity index (χ2v) is 8.62. The highest BCUT2D eigenvalue weighted by Crippen LogP contribution is 2.30. The smallest absolute Gasteiger partial charge is 0.259 e. The number of nitrogens with one attached hydrogen (secondary N) is 1. The molecule has 1 aliphatic rings. The number of fused-ring (bicyclic) bond motifs is 2. The van der Waals surface area contributed by atoms with E-state index < -0.39 is 0 Å². The molecule has 166 valence electrons. The van der Waals surface area contributed by atoms with E-state index >= 15 is 0 Å². The van der Waals surface area contributed by atoms with E-state index in [4.69, 9.17) is 5.73 Å². The molecule has 0 bridgehead atoms. The van der Waals surface area contributed by atoms with Crippen LogP contribution in [-0.4, -0.2) is 16.1 Å². The summed E-state index contributed by atoms with van der Waals surface area (Å²) >= 11 is 0. The van der Waals surface area contributed by atoms with E-state index in [1.807, 2.05) is 54.6 Å².